The molecule has 1 saturated carbocycles. The van der Waals surface area contributed by atoms with Gasteiger partial charge in [-0.2, -0.15) is 17.0 Å². The van der Waals surface area contributed by atoms with Crippen LogP contribution < -0.4 is 0 Å². The standard InChI is InChI=1S/C17H24N2O4S/c1-2-18(11-14-7-4-3-5-8-14)24(22,23)19-12-15-9-6-10-17(15,13-19)16(20)21/h3-5,7-8,15H,2,6,9-13H2,1H3,(H,20,21)/t15-,17+/m0/s1. The van der Waals surface area contributed by atoms with Gasteiger partial charge in [0.1, 0.15) is 0 Å². The molecule has 2 atom stereocenters. The highest BCUT2D eigenvalue weighted by molar-refractivity contribution is 7.86. The SMILES string of the molecule is CCN(Cc1ccccc1)S(=O)(=O)N1C[C@@H]2CCC[C@@]2(C(=O)O)C1. The van der Waals surface area contributed by atoms with Crippen LogP contribution in [0.15, 0.2) is 30.3 Å². The van der Waals surface area contributed by atoms with Crippen LogP contribution in [0.4, 0.5) is 0 Å². The summed E-state index contributed by atoms with van der Waals surface area (Å²) in [6.07, 6.45) is 2.24. The number of hydrogen-bond acceptors (Lipinski definition) is 3. The molecule has 7 heteroatoms. The van der Waals surface area contributed by atoms with Crippen molar-refractivity contribution in [1.29, 1.82) is 0 Å². The highest BCUT2D eigenvalue weighted by atomic mass is 32.2. The number of hydrogen-bond donors (Lipinski definition) is 1. The molecule has 0 radical (unpaired) electrons. The number of carboxylic acids is 1. The maximum atomic E-state index is 13.0. The Bertz CT molecular complexity index is 707. The van der Waals surface area contributed by atoms with Gasteiger partial charge in [0.15, 0.2) is 0 Å². The van der Waals surface area contributed by atoms with Crippen LogP contribution in [0.1, 0.15) is 31.7 Å². The van der Waals surface area contributed by atoms with Gasteiger partial charge < -0.3 is 5.11 Å². The van der Waals surface area contributed by atoms with Crippen molar-refractivity contribution in [3.63, 3.8) is 0 Å². The number of fused-ring (bicyclic) bond motifs is 1. The molecule has 1 aromatic rings. The predicted molar refractivity (Wildman–Crippen MR) is 90.4 cm³/mol. The highest BCUT2D eigenvalue weighted by Crippen LogP contribution is 2.49. The maximum absolute atomic E-state index is 13.0. The van der Waals surface area contributed by atoms with Crippen molar-refractivity contribution >= 4 is 16.2 Å². The second-order valence-electron chi connectivity index (χ2n) is 6.76. The number of rotatable bonds is 6. The Morgan fingerprint density at radius 2 is 2.08 bits per heavy atom. The zero-order valence-electron chi connectivity index (χ0n) is 13.9. The van der Waals surface area contributed by atoms with E-state index in [1.54, 1.807) is 0 Å². The van der Waals surface area contributed by atoms with Crippen molar-refractivity contribution in [1.82, 2.24) is 8.61 Å². The summed E-state index contributed by atoms with van der Waals surface area (Å²) < 4.78 is 28.9. The molecule has 1 aliphatic carbocycles. The van der Waals surface area contributed by atoms with Crippen molar-refractivity contribution < 1.29 is 18.3 Å². The first-order chi connectivity index (χ1) is 11.4. The van der Waals surface area contributed by atoms with E-state index in [1.807, 2.05) is 37.3 Å². The fourth-order valence-corrected chi connectivity index (χ4v) is 5.80. The van der Waals surface area contributed by atoms with E-state index in [9.17, 15) is 18.3 Å². The number of aliphatic carboxylic acids is 1. The number of carboxylic acid groups (broad SMARTS) is 1. The van der Waals surface area contributed by atoms with E-state index < -0.39 is 21.6 Å². The molecule has 1 N–H and O–H groups in total. The van der Waals surface area contributed by atoms with E-state index in [0.717, 1.165) is 18.4 Å². The fourth-order valence-electron chi connectivity index (χ4n) is 4.08. The molecule has 1 aromatic carbocycles. The van der Waals surface area contributed by atoms with Crippen molar-refractivity contribution in [2.24, 2.45) is 11.3 Å². The van der Waals surface area contributed by atoms with Crippen molar-refractivity contribution in [2.45, 2.75) is 32.7 Å². The largest absolute Gasteiger partial charge is 0.481 e. The zero-order valence-corrected chi connectivity index (χ0v) is 14.7. The molecule has 1 aliphatic heterocycles. The molecule has 0 aromatic heterocycles. The lowest BCUT2D eigenvalue weighted by Gasteiger charge is -2.28. The Balaban J connectivity index is 1.81. The van der Waals surface area contributed by atoms with Gasteiger partial charge in [0.25, 0.3) is 10.2 Å². The summed E-state index contributed by atoms with van der Waals surface area (Å²) in [5, 5.41) is 9.65. The lowest BCUT2D eigenvalue weighted by Crippen LogP contribution is -2.44. The first kappa shape index (κ1) is 17.4. The van der Waals surface area contributed by atoms with E-state index in [1.165, 1.54) is 8.61 Å². The topological polar surface area (TPSA) is 77.9 Å². The molecule has 0 amide bonds. The molecule has 24 heavy (non-hydrogen) atoms. The van der Waals surface area contributed by atoms with E-state index in [-0.39, 0.29) is 12.5 Å². The third-order valence-corrected chi connectivity index (χ3v) is 7.44. The zero-order chi connectivity index (χ0) is 17.4. The van der Waals surface area contributed by atoms with Crippen LogP contribution in [-0.4, -0.2) is 47.7 Å². The summed E-state index contributed by atoms with van der Waals surface area (Å²) in [4.78, 5) is 11.8. The monoisotopic (exact) mass is 352 g/mol. The molecule has 132 valence electrons. The molecule has 3 rings (SSSR count). The van der Waals surface area contributed by atoms with E-state index >= 15 is 0 Å². The number of nitrogens with zero attached hydrogens (tertiary/aromatic N) is 2. The van der Waals surface area contributed by atoms with Gasteiger partial charge >= 0.3 is 5.97 Å². The average Bonchev–Trinajstić information content (AvgIpc) is 3.12. The molecule has 2 fully saturated rings. The first-order valence-corrected chi connectivity index (χ1v) is 9.82. The summed E-state index contributed by atoms with van der Waals surface area (Å²) in [5.74, 6) is -0.922. The smallest absolute Gasteiger partial charge is 0.311 e. The third-order valence-electron chi connectivity index (χ3n) is 5.47. The molecule has 2 aliphatic rings. The van der Waals surface area contributed by atoms with E-state index in [4.69, 9.17) is 0 Å². The van der Waals surface area contributed by atoms with Gasteiger partial charge in [0.2, 0.25) is 0 Å². The van der Waals surface area contributed by atoms with Crippen molar-refractivity contribution in [2.75, 3.05) is 19.6 Å². The summed E-state index contributed by atoms with van der Waals surface area (Å²) in [5.41, 5.74) is 0.0365. The highest BCUT2D eigenvalue weighted by Gasteiger charge is 2.57. The number of benzene rings is 1. The van der Waals surface area contributed by atoms with Crippen LogP contribution in [0.2, 0.25) is 0 Å². The first-order valence-electron chi connectivity index (χ1n) is 8.42. The van der Waals surface area contributed by atoms with Gasteiger partial charge in [-0.15, -0.1) is 0 Å². The second kappa shape index (κ2) is 6.46. The normalized spacial score (nSPS) is 27.5. The lowest BCUT2D eigenvalue weighted by molar-refractivity contribution is -0.149. The minimum Gasteiger partial charge on any atom is -0.481 e. The Morgan fingerprint density at radius 1 is 1.38 bits per heavy atom. The van der Waals surface area contributed by atoms with Crippen molar-refractivity contribution in [3.05, 3.63) is 35.9 Å². The Hall–Kier alpha value is -1.44. The number of carbonyl (C=O) groups is 1. The Kier molecular flexibility index (Phi) is 4.68. The summed E-state index contributed by atoms with van der Waals surface area (Å²) in [7, 11) is -3.66. The van der Waals surface area contributed by atoms with Crippen LogP contribution in [0, 0.1) is 11.3 Å². The minimum atomic E-state index is -3.66. The predicted octanol–water partition coefficient (Wildman–Crippen LogP) is 1.94. The molecule has 6 nitrogen and oxygen atoms in total. The Morgan fingerprint density at radius 3 is 2.67 bits per heavy atom. The van der Waals surface area contributed by atoms with E-state index in [2.05, 4.69) is 0 Å². The summed E-state index contributed by atoms with van der Waals surface area (Å²) in [6, 6.07) is 9.46. The minimum absolute atomic E-state index is 0.0693. The van der Waals surface area contributed by atoms with Gasteiger partial charge in [-0.1, -0.05) is 43.7 Å². The molecule has 1 heterocycles. The maximum Gasteiger partial charge on any atom is 0.311 e. The summed E-state index contributed by atoms with van der Waals surface area (Å²) in [6.45, 7) is 2.89. The molecule has 1 saturated heterocycles. The van der Waals surface area contributed by atoms with Gasteiger partial charge in [-0.05, 0) is 24.3 Å². The van der Waals surface area contributed by atoms with Crippen LogP contribution in [-0.2, 0) is 21.5 Å². The molecule has 0 unspecified atom stereocenters. The van der Waals surface area contributed by atoms with Crippen LogP contribution >= 0.6 is 0 Å². The molecular weight excluding hydrogens is 328 g/mol. The van der Waals surface area contributed by atoms with Crippen LogP contribution in [0.5, 0.6) is 0 Å². The second-order valence-corrected chi connectivity index (χ2v) is 8.69. The van der Waals surface area contributed by atoms with Gasteiger partial charge in [0.05, 0.1) is 5.41 Å². The van der Waals surface area contributed by atoms with E-state index in [0.29, 0.717) is 26.1 Å². The summed E-state index contributed by atoms with van der Waals surface area (Å²) >= 11 is 0. The Labute approximate surface area is 143 Å². The molecule has 0 bridgehead atoms. The molecular formula is C17H24N2O4S. The van der Waals surface area contributed by atoms with Gasteiger partial charge in [-0.25, -0.2) is 0 Å². The van der Waals surface area contributed by atoms with Crippen LogP contribution in [0.3, 0.4) is 0 Å². The van der Waals surface area contributed by atoms with Crippen molar-refractivity contribution in [3.8, 4) is 0 Å². The van der Waals surface area contributed by atoms with Gasteiger partial charge in [-0.3, -0.25) is 4.79 Å². The average molecular weight is 352 g/mol. The molecule has 0 spiro atoms. The third kappa shape index (κ3) is 2.85. The van der Waals surface area contributed by atoms with Crippen LogP contribution in [0.25, 0.3) is 0 Å². The van der Waals surface area contributed by atoms with Gasteiger partial charge in [0, 0.05) is 26.2 Å². The lowest BCUT2D eigenvalue weighted by atomic mass is 9.81. The quantitative estimate of drug-likeness (QED) is 0.849. The fraction of sp³-hybridized carbons (Fsp3) is 0.588.